The van der Waals surface area contributed by atoms with Gasteiger partial charge in [-0.1, -0.05) is 31.8 Å². The third kappa shape index (κ3) is 1.25. The molecule has 2 atom stereocenters. The molecule has 0 N–H and O–H groups in total. The first kappa shape index (κ1) is 9.64. The molecular formula is C10H15NO2Si. The van der Waals surface area contributed by atoms with Gasteiger partial charge in [0.05, 0.1) is 18.9 Å². The van der Waals surface area contributed by atoms with E-state index in [0.717, 1.165) is 6.42 Å². The molecular weight excluding hydrogens is 194 g/mol. The lowest BCUT2D eigenvalue weighted by Gasteiger charge is -2.22. The van der Waals surface area contributed by atoms with Crippen LogP contribution in [-0.2, 0) is 0 Å². The Kier molecular flexibility index (Phi) is 1.92. The molecule has 0 unspecified atom stereocenters. The largest absolute Gasteiger partial charge is 0.259 e. The number of nitro groups is 1. The molecule has 4 heteroatoms. The molecule has 0 saturated carbocycles. The van der Waals surface area contributed by atoms with E-state index in [0.29, 0.717) is 11.6 Å². The molecule has 0 fully saturated rings. The lowest BCUT2D eigenvalue weighted by molar-refractivity contribution is -0.431. The third-order valence-corrected chi connectivity index (χ3v) is 5.33. The molecule has 2 aliphatic rings. The zero-order valence-electron chi connectivity index (χ0n) is 8.78. The highest BCUT2D eigenvalue weighted by atomic mass is 28.3. The van der Waals surface area contributed by atoms with E-state index in [4.69, 9.17) is 0 Å². The Hall–Kier alpha value is -0.903. The molecule has 76 valence electrons. The van der Waals surface area contributed by atoms with E-state index in [1.807, 2.05) is 6.08 Å². The van der Waals surface area contributed by atoms with Crippen LogP contribution >= 0.6 is 0 Å². The van der Waals surface area contributed by atoms with E-state index in [1.165, 1.54) is 5.20 Å². The monoisotopic (exact) mass is 209 g/mol. The van der Waals surface area contributed by atoms with Gasteiger partial charge >= 0.3 is 0 Å². The van der Waals surface area contributed by atoms with E-state index in [9.17, 15) is 10.1 Å². The van der Waals surface area contributed by atoms with Crippen LogP contribution in [-0.4, -0.2) is 13.0 Å². The first-order valence-corrected chi connectivity index (χ1v) is 8.48. The van der Waals surface area contributed by atoms with E-state index in [1.54, 1.807) is 0 Å². The molecule has 0 saturated heterocycles. The van der Waals surface area contributed by atoms with Gasteiger partial charge in [0.25, 0.3) is 0 Å². The molecule has 0 aliphatic heterocycles. The maximum atomic E-state index is 11.0. The van der Waals surface area contributed by atoms with Crippen LogP contribution in [0.1, 0.15) is 6.42 Å². The summed E-state index contributed by atoms with van der Waals surface area (Å²) in [5.74, 6) is 0.490. The van der Waals surface area contributed by atoms with Crippen molar-refractivity contribution in [3.8, 4) is 0 Å². The van der Waals surface area contributed by atoms with Crippen LogP contribution in [0.15, 0.2) is 23.0 Å². The summed E-state index contributed by atoms with van der Waals surface area (Å²) < 4.78 is 0. The molecule has 0 radical (unpaired) electrons. The molecule has 0 heterocycles. The lowest BCUT2D eigenvalue weighted by Crippen LogP contribution is -2.29. The van der Waals surface area contributed by atoms with Gasteiger partial charge in [0, 0.05) is 5.92 Å². The van der Waals surface area contributed by atoms with E-state index < -0.39 is 8.07 Å². The summed E-state index contributed by atoms with van der Waals surface area (Å²) in [4.78, 5) is 10.8. The van der Waals surface area contributed by atoms with Crippen LogP contribution in [0.4, 0.5) is 0 Å². The van der Waals surface area contributed by atoms with Gasteiger partial charge in [-0.2, -0.15) is 0 Å². The second-order valence-corrected chi connectivity index (χ2v) is 10.2. The van der Waals surface area contributed by atoms with Gasteiger partial charge in [-0.25, -0.2) is 0 Å². The minimum atomic E-state index is -1.52. The van der Waals surface area contributed by atoms with Crippen LogP contribution in [0.25, 0.3) is 0 Å². The highest BCUT2D eigenvalue weighted by molar-refractivity contribution is 6.83. The maximum absolute atomic E-state index is 11.0. The zero-order valence-corrected chi connectivity index (χ0v) is 9.78. The van der Waals surface area contributed by atoms with E-state index in [2.05, 4.69) is 25.7 Å². The standard InChI is InChI=1S/C10H15NO2Si/c1-14(2,3)10-8-5-4-7(6-8)9(10)11(12)13/h4-5,7-8H,6H2,1-3H3/t7-,8+/m0/s1. The third-order valence-electron chi connectivity index (χ3n) is 3.09. The van der Waals surface area contributed by atoms with Crippen LogP contribution in [0.3, 0.4) is 0 Å². The average molecular weight is 209 g/mol. The highest BCUT2D eigenvalue weighted by Crippen LogP contribution is 2.47. The highest BCUT2D eigenvalue weighted by Gasteiger charge is 2.47. The fraction of sp³-hybridized carbons (Fsp3) is 0.600. The second kappa shape index (κ2) is 2.79. The number of nitrogens with zero attached hydrogens (tertiary/aromatic N) is 1. The van der Waals surface area contributed by atoms with Gasteiger partial charge in [0.2, 0.25) is 5.70 Å². The molecule has 0 aromatic carbocycles. The van der Waals surface area contributed by atoms with Crippen molar-refractivity contribution in [3.63, 3.8) is 0 Å². The zero-order chi connectivity index (χ0) is 10.5. The Morgan fingerprint density at radius 2 is 1.93 bits per heavy atom. The molecule has 0 aromatic rings. The van der Waals surface area contributed by atoms with Gasteiger partial charge in [0.1, 0.15) is 0 Å². The maximum Gasteiger partial charge on any atom is 0.249 e. The quantitative estimate of drug-likeness (QED) is 0.304. The summed E-state index contributed by atoms with van der Waals surface area (Å²) in [5.41, 5.74) is 0.525. The summed E-state index contributed by atoms with van der Waals surface area (Å²) in [7, 11) is -1.52. The number of rotatable bonds is 2. The average Bonchev–Trinajstić information content (AvgIpc) is 2.58. The molecule has 0 amide bonds. The molecule has 0 aromatic heterocycles. The van der Waals surface area contributed by atoms with Gasteiger partial charge < -0.3 is 0 Å². The Bertz CT molecular complexity index is 352. The van der Waals surface area contributed by atoms with E-state index in [-0.39, 0.29) is 10.8 Å². The number of hydrogen-bond acceptors (Lipinski definition) is 2. The predicted octanol–water partition coefficient (Wildman–Crippen LogP) is 2.60. The van der Waals surface area contributed by atoms with Gasteiger partial charge in [-0.3, -0.25) is 10.1 Å². The minimum absolute atomic E-state index is 0.108. The summed E-state index contributed by atoms with van der Waals surface area (Å²) in [6.45, 7) is 6.58. The van der Waals surface area contributed by atoms with Gasteiger partial charge in [-0.15, -0.1) is 0 Å². The fourth-order valence-corrected chi connectivity index (χ4v) is 5.05. The van der Waals surface area contributed by atoms with Crippen molar-refractivity contribution in [3.05, 3.63) is 33.2 Å². The van der Waals surface area contributed by atoms with Crippen molar-refractivity contribution in [1.82, 2.24) is 0 Å². The first-order chi connectivity index (χ1) is 6.41. The normalized spacial score (nSPS) is 30.2. The van der Waals surface area contributed by atoms with Gasteiger partial charge in [0.15, 0.2) is 0 Å². The van der Waals surface area contributed by atoms with Crippen LogP contribution in [0.2, 0.25) is 19.6 Å². The Morgan fingerprint density at radius 3 is 2.36 bits per heavy atom. The molecule has 2 aliphatic carbocycles. The molecule has 2 bridgehead atoms. The number of allylic oxidation sites excluding steroid dienone is 3. The van der Waals surface area contributed by atoms with E-state index >= 15 is 0 Å². The van der Waals surface area contributed by atoms with Gasteiger partial charge in [-0.05, 0) is 11.6 Å². The van der Waals surface area contributed by atoms with Crippen molar-refractivity contribution in [2.24, 2.45) is 11.8 Å². The summed E-state index contributed by atoms with van der Waals surface area (Å²) in [5, 5.41) is 12.2. The topological polar surface area (TPSA) is 43.1 Å². The Labute approximate surface area is 84.7 Å². The fourth-order valence-electron chi connectivity index (χ4n) is 2.68. The Morgan fingerprint density at radius 1 is 1.36 bits per heavy atom. The predicted molar refractivity (Wildman–Crippen MR) is 58.1 cm³/mol. The van der Waals surface area contributed by atoms with Crippen molar-refractivity contribution < 1.29 is 4.92 Å². The lowest BCUT2D eigenvalue weighted by atomic mass is 10.1. The first-order valence-electron chi connectivity index (χ1n) is 4.98. The number of hydrogen-bond donors (Lipinski definition) is 0. The van der Waals surface area contributed by atoms with Crippen molar-refractivity contribution in [1.29, 1.82) is 0 Å². The van der Waals surface area contributed by atoms with Crippen LogP contribution in [0.5, 0.6) is 0 Å². The summed E-state index contributed by atoms with van der Waals surface area (Å²) in [6.07, 6.45) is 5.12. The minimum Gasteiger partial charge on any atom is -0.259 e. The molecule has 3 nitrogen and oxygen atoms in total. The smallest absolute Gasteiger partial charge is 0.249 e. The molecule has 2 rings (SSSR count). The Balaban J connectivity index is 2.49. The van der Waals surface area contributed by atoms with Crippen LogP contribution in [0, 0.1) is 22.0 Å². The second-order valence-electron chi connectivity index (χ2n) is 5.14. The van der Waals surface area contributed by atoms with Crippen molar-refractivity contribution in [2.75, 3.05) is 0 Å². The van der Waals surface area contributed by atoms with Crippen LogP contribution < -0.4 is 0 Å². The van der Waals surface area contributed by atoms with Crippen molar-refractivity contribution >= 4 is 8.07 Å². The SMILES string of the molecule is C[Si](C)(C)C1=C([N+](=O)[O-])[C@H]2C=C[C@@H]1C2. The van der Waals surface area contributed by atoms with Crippen molar-refractivity contribution in [2.45, 2.75) is 26.1 Å². The summed E-state index contributed by atoms with van der Waals surface area (Å²) >= 11 is 0. The summed E-state index contributed by atoms with van der Waals surface area (Å²) in [6, 6.07) is 0. The molecule has 0 spiro atoms. The molecule has 14 heavy (non-hydrogen) atoms. The number of fused-ring (bicyclic) bond motifs is 2.